The van der Waals surface area contributed by atoms with Crippen LogP contribution in [0.3, 0.4) is 0 Å². The second kappa shape index (κ2) is 8.70. The quantitative estimate of drug-likeness (QED) is 0.721. The molecule has 0 aliphatic carbocycles. The van der Waals surface area contributed by atoms with E-state index in [4.69, 9.17) is 4.74 Å². The molecule has 3 rings (SSSR count). The van der Waals surface area contributed by atoms with Crippen molar-refractivity contribution in [1.29, 1.82) is 0 Å². The number of imidazole rings is 1. The first-order valence-electron chi connectivity index (χ1n) is 9.31. The zero-order chi connectivity index (χ0) is 19.2. The molecule has 0 spiro atoms. The molecule has 1 aliphatic heterocycles. The lowest BCUT2D eigenvalue weighted by atomic mass is 9.92. The van der Waals surface area contributed by atoms with Gasteiger partial charge in [-0.25, -0.2) is 4.98 Å². The molecule has 0 saturated carbocycles. The Morgan fingerprint density at radius 2 is 2.19 bits per heavy atom. The summed E-state index contributed by atoms with van der Waals surface area (Å²) in [7, 11) is 1.61. The summed E-state index contributed by atoms with van der Waals surface area (Å²) in [6.07, 6.45) is 6.42. The van der Waals surface area contributed by atoms with E-state index in [-0.39, 0.29) is 24.3 Å². The van der Waals surface area contributed by atoms with Crippen molar-refractivity contribution in [3.8, 4) is 5.75 Å². The van der Waals surface area contributed by atoms with Crippen molar-refractivity contribution in [2.75, 3.05) is 20.2 Å². The van der Waals surface area contributed by atoms with Crippen LogP contribution in [0.25, 0.3) is 0 Å². The van der Waals surface area contributed by atoms with E-state index in [0.717, 1.165) is 18.5 Å². The second-order valence-corrected chi connectivity index (χ2v) is 6.62. The molecule has 27 heavy (non-hydrogen) atoms. The Morgan fingerprint density at radius 1 is 1.37 bits per heavy atom. The van der Waals surface area contributed by atoms with E-state index in [1.165, 1.54) is 0 Å². The highest BCUT2D eigenvalue weighted by Crippen LogP contribution is 2.41. The molecule has 1 N–H and O–H groups in total. The molecule has 1 aromatic heterocycles. The molecule has 1 aliphatic rings. The maximum atomic E-state index is 12.8. The molecule has 2 amide bonds. The fraction of sp³-hybridized carbons (Fsp3) is 0.450. The van der Waals surface area contributed by atoms with E-state index in [2.05, 4.69) is 10.3 Å². The summed E-state index contributed by atoms with van der Waals surface area (Å²) < 4.78 is 7.45. The average molecular weight is 370 g/mol. The summed E-state index contributed by atoms with van der Waals surface area (Å²) in [5.74, 6) is 0.211. The van der Waals surface area contributed by atoms with Gasteiger partial charge in [0.1, 0.15) is 5.75 Å². The first kappa shape index (κ1) is 18.9. The van der Waals surface area contributed by atoms with E-state index >= 15 is 0 Å². The minimum Gasteiger partial charge on any atom is -0.496 e. The summed E-state index contributed by atoms with van der Waals surface area (Å²) in [5.41, 5.74) is 0.881. The number of likely N-dealkylation sites (tertiary alicyclic amines) is 1. The second-order valence-electron chi connectivity index (χ2n) is 6.62. The molecule has 0 radical (unpaired) electrons. The number of carbonyl (C=O) groups is 2. The largest absolute Gasteiger partial charge is 0.496 e. The predicted molar refractivity (Wildman–Crippen MR) is 101 cm³/mol. The van der Waals surface area contributed by atoms with Crippen LogP contribution < -0.4 is 10.1 Å². The van der Waals surface area contributed by atoms with Gasteiger partial charge in [0.25, 0.3) is 0 Å². The first-order chi connectivity index (χ1) is 13.2. The van der Waals surface area contributed by atoms with Gasteiger partial charge in [0.05, 0.1) is 25.4 Å². The van der Waals surface area contributed by atoms with Crippen LogP contribution in [0.5, 0.6) is 5.75 Å². The number of ether oxygens (including phenoxy) is 1. The van der Waals surface area contributed by atoms with Crippen molar-refractivity contribution in [3.05, 3.63) is 48.5 Å². The van der Waals surface area contributed by atoms with Crippen LogP contribution in [-0.2, 0) is 16.1 Å². The van der Waals surface area contributed by atoms with Crippen molar-refractivity contribution >= 4 is 11.8 Å². The molecule has 0 unspecified atom stereocenters. The van der Waals surface area contributed by atoms with Crippen molar-refractivity contribution in [3.63, 3.8) is 0 Å². The molecule has 7 nitrogen and oxygen atoms in total. The fourth-order valence-corrected chi connectivity index (χ4v) is 3.72. The van der Waals surface area contributed by atoms with Gasteiger partial charge in [-0.05, 0) is 19.4 Å². The molecule has 2 atom stereocenters. The SMILES string of the molecule is CCN1C(=O)C[C@@H](C(=O)NCCCn2ccnc2)[C@@H]1c1ccccc1OC. The molecule has 1 aromatic carbocycles. The van der Waals surface area contributed by atoms with Crippen molar-refractivity contribution in [2.45, 2.75) is 32.4 Å². The highest BCUT2D eigenvalue weighted by Gasteiger charge is 2.44. The monoisotopic (exact) mass is 370 g/mol. The number of aryl methyl sites for hydroxylation is 1. The summed E-state index contributed by atoms with van der Waals surface area (Å²) in [6.45, 7) is 3.85. The number of hydrogen-bond acceptors (Lipinski definition) is 4. The number of nitrogens with zero attached hydrogens (tertiary/aromatic N) is 3. The molecule has 1 fully saturated rings. The molecule has 2 aromatic rings. The Kier molecular flexibility index (Phi) is 6.11. The minimum atomic E-state index is -0.415. The average Bonchev–Trinajstić information content (AvgIpc) is 3.32. The Morgan fingerprint density at radius 3 is 2.89 bits per heavy atom. The van der Waals surface area contributed by atoms with Gasteiger partial charge in [0.15, 0.2) is 0 Å². The third-order valence-electron chi connectivity index (χ3n) is 5.02. The van der Waals surface area contributed by atoms with Crippen molar-refractivity contribution in [2.24, 2.45) is 5.92 Å². The number of aromatic nitrogens is 2. The van der Waals surface area contributed by atoms with Crippen LogP contribution >= 0.6 is 0 Å². The zero-order valence-electron chi connectivity index (χ0n) is 15.8. The van der Waals surface area contributed by atoms with E-state index in [0.29, 0.717) is 18.8 Å². The third kappa shape index (κ3) is 4.13. The Balaban J connectivity index is 1.69. The summed E-state index contributed by atoms with van der Waals surface area (Å²) in [4.78, 5) is 31.1. The van der Waals surface area contributed by atoms with Crippen molar-refractivity contribution in [1.82, 2.24) is 19.8 Å². The van der Waals surface area contributed by atoms with Gasteiger partial charge in [0.2, 0.25) is 11.8 Å². The molecule has 0 bridgehead atoms. The molecule has 2 heterocycles. The van der Waals surface area contributed by atoms with Crippen LogP contribution in [0.15, 0.2) is 43.0 Å². The molecular formula is C20H26N4O3. The van der Waals surface area contributed by atoms with Crippen LogP contribution in [-0.4, -0.2) is 46.5 Å². The molecular weight excluding hydrogens is 344 g/mol. The summed E-state index contributed by atoms with van der Waals surface area (Å²) in [6, 6.07) is 7.30. The van der Waals surface area contributed by atoms with Gasteiger partial charge in [-0.2, -0.15) is 0 Å². The van der Waals surface area contributed by atoms with Gasteiger partial charge < -0.3 is 19.5 Å². The molecule has 144 valence electrons. The van der Waals surface area contributed by atoms with Gasteiger partial charge in [-0.1, -0.05) is 18.2 Å². The predicted octanol–water partition coefficient (Wildman–Crippen LogP) is 2.01. The van der Waals surface area contributed by atoms with E-state index < -0.39 is 5.92 Å². The number of para-hydroxylation sites is 1. The van der Waals surface area contributed by atoms with Gasteiger partial charge in [0, 0.05) is 44.0 Å². The summed E-state index contributed by atoms with van der Waals surface area (Å²) in [5, 5.41) is 3.00. The smallest absolute Gasteiger partial charge is 0.226 e. The topological polar surface area (TPSA) is 76.5 Å². The number of carbonyl (C=O) groups excluding carboxylic acids is 2. The highest BCUT2D eigenvalue weighted by molar-refractivity contribution is 5.90. The van der Waals surface area contributed by atoms with Gasteiger partial charge >= 0.3 is 0 Å². The van der Waals surface area contributed by atoms with E-state index in [1.54, 1.807) is 24.5 Å². The third-order valence-corrected chi connectivity index (χ3v) is 5.02. The Labute approximate surface area is 159 Å². The van der Waals surface area contributed by atoms with E-state index in [1.807, 2.05) is 42.0 Å². The first-order valence-corrected chi connectivity index (χ1v) is 9.31. The van der Waals surface area contributed by atoms with Crippen molar-refractivity contribution < 1.29 is 14.3 Å². The normalized spacial score (nSPS) is 19.3. The number of hydrogen-bond donors (Lipinski definition) is 1. The maximum absolute atomic E-state index is 12.8. The van der Waals surface area contributed by atoms with Crippen LogP contribution in [0.2, 0.25) is 0 Å². The van der Waals surface area contributed by atoms with Crippen LogP contribution in [0.4, 0.5) is 0 Å². The lowest BCUT2D eigenvalue weighted by Gasteiger charge is -2.28. The number of amides is 2. The number of methoxy groups -OCH3 is 1. The van der Waals surface area contributed by atoms with Crippen LogP contribution in [0, 0.1) is 5.92 Å². The zero-order valence-corrected chi connectivity index (χ0v) is 15.8. The van der Waals surface area contributed by atoms with Gasteiger partial charge in [-0.3, -0.25) is 9.59 Å². The lowest BCUT2D eigenvalue weighted by Crippen LogP contribution is -2.36. The summed E-state index contributed by atoms with van der Waals surface area (Å²) >= 11 is 0. The van der Waals surface area contributed by atoms with E-state index in [9.17, 15) is 9.59 Å². The van der Waals surface area contributed by atoms with Crippen LogP contribution in [0.1, 0.15) is 31.4 Å². The Bertz CT molecular complexity index is 775. The highest BCUT2D eigenvalue weighted by atomic mass is 16.5. The Hall–Kier alpha value is -2.83. The fourth-order valence-electron chi connectivity index (χ4n) is 3.72. The van der Waals surface area contributed by atoms with Gasteiger partial charge in [-0.15, -0.1) is 0 Å². The lowest BCUT2D eigenvalue weighted by molar-refractivity contribution is -0.129. The number of rotatable bonds is 8. The minimum absolute atomic E-state index is 0.00646. The molecule has 7 heteroatoms. The number of benzene rings is 1. The maximum Gasteiger partial charge on any atom is 0.226 e. The molecule has 1 saturated heterocycles. The number of nitrogens with one attached hydrogen (secondary N) is 1. The standard InChI is InChI=1S/C20H26N4O3/c1-3-24-18(25)13-16(19(24)15-7-4-5-8-17(15)27-2)20(26)22-9-6-11-23-12-10-21-14-23/h4-5,7-8,10,12,14,16,19H,3,6,9,11,13H2,1-2H3,(H,22,26)/t16-,19+/m1/s1.